The molecule has 7 rings (SSSR count). The Balaban J connectivity index is 1.34. The van der Waals surface area contributed by atoms with Gasteiger partial charge in [0, 0.05) is 20.8 Å². The molecule has 0 unspecified atom stereocenters. The molecule has 0 spiro atoms. The lowest BCUT2D eigenvalue weighted by Crippen LogP contribution is -2.69. The van der Waals surface area contributed by atoms with Gasteiger partial charge in [0.1, 0.15) is 43.2 Å². The molecule has 4 aromatic carbocycles. The molecule has 0 aromatic heterocycles. The number of nitrogens with zero attached hydrogens (tertiary/aromatic N) is 1. The van der Waals surface area contributed by atoms with E-state index < -0.39 is 97.7 Å². The van der Waals surface area contributed by atoms with Gasteiger partial charge in [-0.15, -0.1) is 6.58 Å². The van der Waals surface area contributed by atoms with Gasteiger partial charge in [0.2, 0.25) is 0 Å². The smallest absolute Gasteiger partial charge is 0.303 e. The van der Waals surface area contributed by atoms with Crippen molar-refractivity contribution in [2.45, 2.75) is 102 Å². The molecule has 10 atom stereocenters. The Bertz CT molecular complexity index is 2240. The third-order valence-electron chi connectivity index (χ3n) is 11.0. The molecule has 2 fully saturated rings. The lowest BCUT2D eigenvalue weighted by atomic mass is 9.93. The van der Waals surface area contributed by atoms with E-state index >= 15 is 0 Å². The van der Waals surface area contributed by atoms with E-state index in [-0.39, 0.29) is 44.2 Å². The molecule has 2 saturated heterocycles. The van der Waals surface area contributed by atoms with Crippen LogP contribution in [-0.4, -0.2) is 116 Å². The summed E-state index contributed by atoms with van der Waals surface area (Å²) in [5, 5.41) is 0. The summed E-state index contributed by atoms with van der Waals surface area (Å²) in [5.41, 5.74) is 2.69. The van der Waals surface area contributed by atoms with E-state index in [1.54, 1.807) is 24.3 Å². The minimum absolute atomic E-state index is 0.0382. The lowest BCUT2D eigenvalue weighted by molar-refractivity contribution is -0.359. The fraction of sp³-hybridized carbons (Fsp3) is 0.380. The molecular weight excluding hydrogens is 855 g/mol. The van der Waals surface area contributed by atoms with Crippen molar-refractivity contribution in [3.63, 3.8) is 0 Å². The first-order chi connectivity index (χ1) is 32.0. The normalized spacial score (nSPS) is 26.0. The van der Waals surface area contributed by atoms with Crippen LogP contribution >= 0.6 is 0 Å². The van der Waals surface area contributed by atoms with Crippen LogP contribution in [0.2, 0.25) is 0 Å². The molecule has 0 radical (unpaired) electrons. The van der Waals surface area contributed by atoms with Crippen molar-refractivity contribution >= 4 is 29.7 Å². The quantitative estimate of drug-likeness (QED) is 0.0469. The second-order valence-electron chi connectivity index (χ2n) is 15.8. The number of imide groups is 1. The molecule has 0 N–H and O–H groups in total. The van der Waals surface area contributed by atoms with Gasteiger partial charge in [-0.3, -0.25) is 28.9 Å². The van der Waals surface area contributed by atoms with E-state index in [1.807, 2.05) is 91.0 Å². The Hall–Kier alpha value is -6.11. The van der Waals surface area contributed by atoms with Gasteiger partial charge in [-0.25, -0.2) is 0 Å². The van der Waals surface area contributed by atoms with Gasteiger partial charge in [0.15, 0.2) is 24.8 Å². The average Bonchev–Trinajstić information content (AvgIpc) is 3.56. The molecular formula is C50H53NO15. The van der Waals surface area contributed by atoms with E-state index in [0.717, 1.165) is 21.6 Å². The maximum atomic E-state index is 14.4. The number of hydrogen-bond acceptors (Lipinski definition) is 15. The second kappa shape index (κ2) is 22.9. The lowest BCUT2D eigenvalue weighted by Gasteiger charge is -2.51. The zero-order chi connectivity index (χ0) is 46.6. The zero-order valence-corrected chi connectivity index (χ0v) is 36.8. The molecule has 348 valence electrons. The molecule has 3 heterocycles. The van der Waals surface area contributed by atoms with Crippen molar-refractivity contribution in [2.75, 3.05) is 19.8 Å². The van der Waals surface area contributed by atoms with Crippen molar-refractivity contribution < 1.29 is 71.3 Å². The first-order valence-electron chi connectivity index (χ1n) is 21.6. The number of carbonyl (C=O) groups excluding carboxylic acids is 5. The summed E-state index contributed by atoms with van der Waals surface area (Å²) in [6.45, 7) is 6.84. The molecule has 2 amide bonds. The molecule has 0 aliphatic carbocycles. The first kappa shape index (κ1) is 47.8. The van der Waals surface area contributed by atoms with E-state index in [9.17, 15) is 24.0 Å². The maximum Gasteiger partial charge on any atom is 0.303 e. The van der Waals surface area contributed by atoms with Crippen LogP contribution in [-0.2, 0) is 81.6 Å². The van der Waals surface area contributed by atoms with Gasteiger partial charge in [-0.05, 0) is 28.8 Å². The molecule has 4 aromatic rings. The highest BCUT2D eigenvalue weighted by Crippen LogP contribution is 2.39. The molecule has 0 saturated carbocycles. The van der Waals surface area contributed by atoms with Crippen molar-refractivity contribution in [1.29, 1.82) is 0 Å². The third-order valence-corrected chi connectivity index (χ3v) is 11.0. The second-order valence-corrected chi connectivity index (χ2v) is 15.8. The minimum Gasteiger partial charge on any atom is -0.463 e. The van der Waals surface area contributed by atoms with Gasteiger partial charge in [-0.1, -0.05) is 109 Å². The molecule has 0 bridgehead atoms. The van der Waals surface area contributed by atoms with Crippen LogP contribution in [0.1, 0.15) is 58.2 Å². The molecule has 66 heavy (non-hydrogen) atoms. The van der Waals surface area contributed by atoms with E-state index in [2.05, 4.69) is 6.58 Å². The van der Waals surface area contributed by atoms with Crippen molar-refractivity contribution in [3.05, 3.63) is 156 Å². The number of esters is 3. The van der Waals surface area contributed by atoms with Gasteiger partial charge in [0.25, 0.3) is 11.8 Å². The number of fused-ring (bicyclic) bond motifs is 1. The Labute approximate surface area is 382 Å². The summed E-state index contributed by atoms with van der Waals surface area (Å²) in [4.78, 5) is 67.9. The maximum absolute atomic E-state index is 14.4. The number of carbonyl (C=O) groups is 5. The number of benzene rings is 4. The Morgan fingerprint density at radius 3 is 1.58 bits per heavy atom. The van der Waals surface area contributed by atoms with Crippen molar-refractivity contribution in [1.82, 2.24) is 4.90 Å². The number of rotatable bonds is 20. The highest BCUT2D eigenvalue weighted by molar-refractivity contribution is 6.21. The summed E-state index contributed by atoms with van der Waals surface area (Å²) in [5.74, 6) is -3.36. The Morgan fingerprint density at radius 1 is 0.561 bits per heavy atom. The van der Waals surface area contributed by atoms with E-state index in [4.69, 9.17) is 47.4 Å². The van der Waals surface area contributed by atoms with Crippen LogP contribution in [0.5, 0.6) is 0 Å². The summed E-state index contributed by atoms with van der Waals surface area (Å²) in [6, 6.07) is 32.9. The first-order valence-corrected chi connectivity index (χ1v) is 21.6. The summed E-state index contributed by atoms with van der Waals surface area (Å²) in [7, 11) is 0. The van der Waals surface area contributed by atoms with E-state index in [0.29, 0.717) is 0 Å². The van der Waals surface area contributed by atoms with Crippen molar-refractivity contribution in [2.24, 2.45) is 0 Å². The fourth-order valence-electron chi connectivity index (χ4n) is 8.15. The summed E-state index contributed by atoms with van der Waals surface area (Å²) in [6.07, 6.45) is -10.4. The number of amides is 2. The van der Waals surface area contributed by atoms with Crippen LogP contribution in [0.25, 0.3) is 0 Å². The topological polar surface area (TPSA) is 181 Å². The average molecular weight is 908 g/mol. The Kier molecular flexibility index (Phi) is 16.6. The monoisotopic (exact) mass is 907 g/mol. The molecule has 16 nitrogen and oxygen atoms in total. The van der Waals surface area contributed by atoms with Crippen LogP contribution in [0, 0.1) is 0 Å². The highest BCUT2D eigenvalue weighted by Gasteiger charge is 2.58. The Morgan fingerprint density at radius 2 is 1.05 bits per heavy atom. The predicted molar refractivity (Wildman–Crippen MR) is 233 cm³/mol. The SMILES string of the molecule is C=CCO[C@@H]1O[C@H](COCc2ccccc2)[C@@H](O[C@@H]2O[C@H](COC(C)=O)[C@@H](OC(C)=O)[C@H](OCc3ccccc3)[C@H]2OC(C)=O)[C@H](OCc2ccccc2)[C@H]1N1C(=O)c2ccccc2C1=O. The standard InChI is InChI=1S/C50H53NO15/c1-5-25-58-49-41(51-47(55)37-23-15-16-24-38(37)48(51)56)44(60-27-35-19-11-7-12-20-35)42(39(64-49)29-57-26-34-17-9-6-10-18-34)66-50-46(63-33(4)54)45(61-28-36-21-13-8-14-22-36)43(62-32(3)53)40(65-50)30-59-31(2)52/h5-24,39-46,49-50H,1,25-30H2,2-4H3/t39-,40-,41-,42-,43-,44-,45+,46-,49-,50+/m1/s1. The van der Waals surface area contributed by atoms with Gasteiger partial charge >= 0.3 is 17.9 Å². The summed E-state index contributed by atoms with van der Waals surface area (Å²) >= 11 is 0. The van der Waals surface area contributed by atoms with Gasteiger partial charge < -0.3 is 47.4 Å². The van der Waals surface area contributed by atoms with Crippen LogP contribution < -0.4 is 0 Å². The van der Waals surface area contributed by atoms with E-state index in [1.165, 1.54) is 26.8 Å². The summed E-state index contributed by atoms with van der Waals surface area (Å²) < 4.78 is 63.4. The van der Waals surface area contributed by atoms with Crippen LogP contribution in [0.3, 0.4) is 0 Å². The molecule has 16 heteroatoms. The third kappa shape index (κ3) is 11.8. The van der Waals surface area contributed by atoms with Gasteiger partial charge in [-0.2, -0.15) is 0 Å². The highest BCUT2D eigenvalue weighted by atomic mass is 16.8. The zero-order valence-electron chi connectivity index (χ0n) is 36.8. The number of ether oxygens (including phenoxy) is 10. The number of hydrogen-bond donors (Lipinski definition) is 0. The predicted octanol–water partition coefficient (Wildman–Crippen LogP) is 5.50. The van der Waals surface area contributed by atoms with Crippen molar-refractivity contribution in [3.8, 4) is 0 Å². The largest absolute Gasteiger partial charge is 0.463 e. The van der Waals surface area contributed by atoms with Crippen LogP contribution in [0.4, 0.5) is 0 Å². The fourth-order valence-corrected chi connectivity index (χ4v) is 8.15. The molecule has 3 aliphatic rings. The van der Waals surface area contributed by atoms with Gasteiger partial charge in [0.05, 0.1) is 44.2 Å². The van der Waals surface area contributed by atoms with Crippen LogP contribution in [0.15, 0.2) is 128 Å². The minimum atomic E-state index is -1.59. The molecule has 3 aliphatic heterocycles.